The maximum Gasteiger partial charge on any atom is 0.141 e. The van der Waals surface area contributed by atoms with Crippen molar-refractivity contribution in [3.63, 3.8) is 0 Å². The summed E-state index contributed by atoms with van der Waals surface area (Å²) in [5, 5.41) is 5.37. The minimum Gasteiger partial charge on any atom is -0.487 e. The number of halogens is 1. The molecule has 0 radical (unpaired) electrons. The van der Waals surface area contributed by atoms with Crippen LogP contribution in [0.1, 0.15) is 47.6 Å². The summed E-state index contributed by atoms with van der Waals surface area (Å²) in [5.74, 6) is 0.951. The fourth-order valence-corrected chi connectivity index (χ4v) is 6.30. The zero-order chi connectivity index (χ0) is 26.6. The number of rotatable bonds is 3. The van der Waals surface area contributed by atoms with E-state index >= 15 is 0 Å². The fourth-order valence-electron chi connectivity index (χ4n) is 5.84. The molecule has 0 saturated carbocycles. The molecule has 0 atom stereocenters. The quantitative estimate of drug-likeness (QED) is 0.249. The molecule has 0 N–H and O–H groups in total. The van der Waals surface area contributed by atoms with Crippen LogP contribution in [0.25, 0.3) is 17.7 Å². The summed E-state index contributed by atoms with van der Waals surface area (Å²) in [5.41, 5.74) is 8.44. The Morgan fingerprint density at radius 3 is 2.49 bits per heavy atom. The SMILES string of the molecule is C1=Cc2ccccc2CC=N1.CC1=c2ccc3c(c2CCC1)CC=c1c(OCc2ccccc2)c(Br)ccc1=3. The fraction of sp³-hybridized carbons (Fsp3) is 0.194. The lowest BCUT2D eigenvalue weighted by molar-refractivity contribution is 0.301. The van der Waals surface area contributed by atoms with E-state index in [-0.39, 0.29) is 0 Å². The highest BCUT2D eigenvalue weighted by atomic mass is 79.9. The van der Waals surface area contributed by atoms with Crippen molar-refractivity contribution in [1.82, 2.24) is 0 Å². The summed E-state index contributed by atoms with van der Waals surface area (Å²) < 4.78 is 7.30. The zero-order valence-electron chi connectivity index (χ0n) is 22.3. The highest BCUT2D eigenvalue weighted by Crippen LogP contribution is 2.26. The van der Waals surface area contributed by atoms with Crippen molar-refractivity contribution >= 4 is 39.9 Å². The summed E-state index contributed by atoms with van der Waals surface area (Å²) in [6.07, 6.45) is 13.8. The third-order valence-corrected chi connectivity index (χ3v) is 8.48. The number of benzene rings is 4. The molecule has 3 aliphatic rings. The second-order valence-corrected chi connectivity index (χ2v) is 11.2. The molecule has 1 heterocycles. The van der Waals surface area contributed by atoms with Crippen LogP contribution in [0.3, 0.4) is 0 Å². The first-order valence-electron chi connectivity index (χ1n) is 13.8. The van der Waals surface area contributed by atoms with Crippen LogP contribution in [-0.4, -0.2) is 6.21 Å². The van der Waals surface area contributed by atoms with Crippen LogP contribution in [0.2, 0.25) is 0 Å². The third-order valence-electron chi connectivity index (χ3n) is 7.86. The van der Waals surface area contributed by atoms with Gasteiger partial charge in [0, 0.05) is 24.1 Å². The molecule has 1 aliphatic heterocycles. The van der Waals surface area contributed by atoms with Gasteiger partial charge in [0.1, 0.15) is 12.4 Å². The Labute approximate surface area is 238 Å². The summed E-state index contributed by atoms with van der Waals surface area (Å²) >= 11 is 3.71. The van der Waals surface area contributed by atoms with Gasteiger partial charge in [0.2, 0.25) is 0 Å². The Morgan fingerprint density at radius 1 is 0.795 bits per heavy atom. The minimum atomic E-state index is 0.578. The van der Waals surface area contributed by atoms with Crippen molar-refractivity contribution in [3.05, 3.63) is 138 Å². The van der Waals surface area contributed by atoms with Gasteiger partial charge in [-0.3, -0.25) is 4.99 Å². The second kappa shape index (κ2) is 11.6. The molecule has 0 spiro atoms. The summed E-state index contributed by atoms with van der Waals surface area (Å²) in [7, 11) is 0. The summed E-state index contributed by atoms with van der Waals surface area (Å²) in [6, 6.07) is 27.7. The first kappa shape index (κ1) is 25.6. The molecule has 39 heavy (non-hydrogen) atoms. The van der Waals surface area contributed by atoms with E-state index in [0.29, 0.717) is 6.61 Å². The van der Waals surface area contributed by atoms with E-state index in [1.54, 1.807) is 5.56 Å². The number of hydrogen-bond acceptors (Lipinski definition) is 2. The number of fused-ring (bicyclic) bond motifs is 5. The Morgan fingerprint density at radius 2 is 1.59 bits per heavy atom. The van der Waals surface area contributed by atoms with Gasteiger partial charge < -0.3 is 4.74 Å². The molecule has 7 rings (SSSR count). The lowest BCUT2D eigenvalue weighted by atomic mass is 9.86. The van der Waals surface area contributed by atoms with Crippen molar-refractivity contribution in [2.24, 2.45) is 4.99 Å². The highest BCUT2D eigenvalue weighted by molar-refractivity contribution is 9.10. The molecule has 3 heteroatoms. The molecule has 0 aromatic heterocycles. The molecule has 0 saturated heterocycles. The van der Waals surface area contributed by atoms with Gasteiger partial charge in [-0.15, -0.1) is 0 Å². The first-order valence-corrected chi connectivity index (χ1v) is 14.5. The Kier molecular flexibility index (Phi) is 7.60. The van der Waals surface area contributed by atoms with Crippen LogP contribution in [0.4, 0.5) is 0 Å². The Bertz CT molecular complexity index is 1800. The third kappa shape index (κ3) is 5.42. The highest BCUT2D eigenvalue weighted by Gasteiger charge is 2.16. The van der Waals surface area contributed by atoms with E-state index in [9.17, 15) is 0 Å². The van der Waals surface area contributed by atoms with Crippen LogP contribution in [0.5, 0.6) is 5.75 Å². The monoisotopic (exact) mass is 573 g/mol. The second-order valence-electron chi connectivity index (χ2n) is 10.3. The Hall–Kier alpha value is -3.69. The Balaban J connectivity index is 0.000000210. The maximum absolute atomic E-state index is 6.28. The zero-order valence-corrected chi connectivity index (χ0v) is 23.9. The maximum atomic E-state index is 6.28. The molecule has 2 nitrogen and oxygen atoms in total. The molecular formula is C36H32BrNO. The lowest BCUT2D eigenvalue weighted by Gasteiger charge is -2.19. The van der Waals surface area contributed by atoms with E-state index in [1.807, 2.05) is 24.6 Å². The lowest BCUT2D eigenvalue weighted by Crippen LogP contribution is -2.22. The van der Waals surface area contributed by atoms with Crippen LogP contribution in [0.15, 0.2) is 94.5 Å². The molecular weight excluding hydrogens is 542 g/mol. The van der Waals surface area contributed by atoms with Crippen LogP contribution in [0, 0.1) is 10.4 Å². The van der Waals surface area contributed by atoms with Gasteiger partial charge in [-0.1, -0.05) is 84.4 Å². The van der Waals surface area contributed by atoms with Crippen LogP contribution >= 0.6 is 15.9 Å². The largest absolute Gasteiger partial charge is 0.487 e. The normalized spacial score (nSPS) is 14.5. The van der Waals surface area contributed by atoms with E-state index in [2.05, 4.69) is 107 Å². The average molecular weight is 575 g/mol. The van der Waals surface area contributed by atoms with Gasteiger partial charge in [0.15, 0.2) is 0 Å². The van der Waals surface area contributed by atoms with Gasteiger partial charge in [-0.2, -0.15) is 0 Å². The van der Waals surface area contributed by atoms with E-state index in [0.717, 1.165) is 23.1 Å². The van der Waals surface area contributed by atoms with Crippen LogP contribution < -0.4 is 15.2 Å². The average Bonchev–Trinajstić information content (AvgIpc) is 3.23. The first-order chi connectivity index (χ1) is 19.2. The van der Waals surface area contributed by atoms with Crippen molar-refractivity contribution in [2.75, 3.05) is 0 Å². The van der Waals surface area contributed by atoms with Crippen molar-refractivity contribution in [1.29, 1.82) is 0 Å². The van der Waals surface area contributed by atoms with Crippen molar-refractivity contribution < 1.29 is 4.74 Å². The number of ether oxygens (including phenoxy) is 1. The number of nitrogens with zero attached hydrogens (tertiary/aromatic N) is 1. The van der Waals surface area contributed by atoms with Gasteiger partial charge >= 0.3 is 0 Å². The van der Waals surface area contributed by atoms with Crippen molar-refractivity contribution in [2.45, 2.75) is 45.6 Å². The predicted octanol–water partition coefficient (Wildman–Crippen LogP) is 7.44. The van der Waals surface area contributed by atoms with Gasteiger partial charge in [0.25, 0.3) is 0 Å². The molecule has 0 bridgehead atoms. The van der Waals surface area contributed by atoms with E-state index in [1.165, 1.54) is 68.0 Å². The number of hydrogen-bond donors (Lipinski definition) is 0. The summed E-state index contributed by atoms with van der Waals surface area (Å²) in [4.78, 5) is 4.08. The predicted molar refractivity (Wildman–Crippen MR) is 166 cm³/mol. The molecule has 0 amide bonds. The van der Waals surface area contributed by atoms with Gasteiger partial charge in [-0.25, -0.2) is 0 Å². The molecule has 4 aromatic rings. The van der Waals surface area contributed by atoms with Crippen LogP contribution in [-0.2, 0) is 25.9 Å². The van der Waals surface area contributed by atoms with Crippen molar-refractivity contribution in [3.8, 4) is 5.75 Å². The molecule has 4 aromatic carbocycles. The molecule has 0 unspecified atom stereocenters. The van der Waals surface area contributed by atoms with Gasteiger partial charge in [-0.05, 0) is 104 Å². The topological polar surface area (TPSA) is 21.6 Å². The summed E-state index contributed by atoms with van der Waals surface area (Å²) in [6.45, 7) is 2.87. The van der Waals surface area contributed by atoms with E-state index in [4.69, 9.17) is 4.74 Å². The van der Waals surface area contributed by atoms with Gasteiger partial charge in [0.05, 0.1) is 4.47 Å². The number of aliphatic imine (C=N–C) groups is 1. The minimum absolute atomic E-state index is 0.578. The smallest absolute Gasteiger partial charge is 0.141 e. The molecule has 0 fully saturated rings. The standard InChI is InChI=1S/C26H23BrO.C10H9N/c1-17-6-5-9-20-19(17)10-11-22-21(20)12-13-24-23(22)14-15-25(27)26(24)28-16-18-7-3-2-4-8-18;1-2-4-10-6-8-11-7-5-9(10)3-1/h2-4,7-8,10-11,13-15H,5-6,9,12,16H2,1H3;1-5,7-8H,6H2. The van der Waals surface area contributed by atoms with E-state index < -0.39 is 0 Å². The molecule has 194 valence electrons. The molecule has 2 aliphatic carbocycles.